The molecule has 1 atom stereocenters. The van der Waals surface area contributed by atoms with E-state index < -0.39 is 11.6 Å². The van der Waals surface area contributed by atoms with Crippen molar-refractivity contribution >= 4 is 11.8 Å². The van der Waals surface area contributed by atoms with Crippen molar-refractivity contribution in [3.63, 3.8) is 0 Å². The molecule has 0 heterocycles. The Kier molecular flexibility index (Phi) is 5.42. The molecule has 0 radical (unpaired) electrons. The molecule has 0 saturated heterocycles. The standard InChI is InChI=1S/C12H23N2O2/c1-12(2,3)16-11(15)10(14(6)7)8-9-13(4)5/h8,10H,1-7H3/q+1. The molecule has 1 unspecified atom stereocenters. The average molecular weight is 227 g/mol. The van der Waals surface area contributed by atoms with Crippen molar-refractivity contribution in [3.05, 3.63) is 6.08 Å². The minimum atomic E-state index is -0.461. The molecule has 0 rings (SSSR count). The number of carbonyl (C=O) groups excluding carboxylic acids is 1. The molecule has 92 valence electrons. The maximum atomic E-state index is 11.9. The van der Waals surface area contributed by atoms with E-state index in [9.17, 15) is 4.79 Å². The number of likely N-dealkylation sites (N-methyl/N-ethyl adjacent to an activating group) is 1. The van der Waals surface area contributed by atoms with E-state index in [1.807, 2.05) is 49.0 Å². The highest BCUT2D eigenvalue weighted by Gasteiger charge is 2.25. The lowest BCUT2D eigenvalue weighted by molar-refractivity contribution is -0.456. The van der Waals surface area contributed by atoms with Crippen LogP contribution in [0.3, 0.4) is 0 Å². The van der Waals surface area contributed by atoms with Gasteiger partial charge >= 0.3 is 5.97 Å². The summed E-state index contributed by atoms with van der Waals surface area (Å²) in [5.41, 5.74) is -0.461. The van der Waals surface area contributed by atoms with Gasteiger partial charge in [-0.2, -0.15) is 4.58 Å². The normalized spacial score (nSPS) is 13.0. The van der Waals surface area contributed by atoms with Crippen molar-refractivity contribution in [1.82, 2.24) is 4.90 Å². The molecule has 4 heteroatoms. The Balaban J connectivity index is 4.82. The molecule has 0 aromatic carbocycles. The quantitative estimate of drug-likeness (QED) is 0.405. The summed E-state index contributed by atoms with van der Waals surface area (Å²) in [7, 11) is 7.39. The van der Waals surface area contributed by atoms with Gasteiger partial charge in [0.2, 0.25) is 0 Å². The molecule has 0 amide bonds. The first kappa shape index (κ1) is 14.9. The van der Waals surface area contributed by atoms with E-state index in [2.05, 4.69) is 5.87 Å². The van der Waals surface area contributed by atoms with Crippen molar-refractivity contribution < 1.29 is 14.1 Å². The van der Waals surface area contributed by atoms with Gasteiger partial charge in [-0.3, -0.25) is 4.90 Å². The van der Waals surface area contributed by atoms with Gasteiger partial charge in [0, 0.05) is 0 Å². The highest BCUT2D eigenvalue weighted by atomic mass is 16.6. The Bertz CT molecular complexity index is 303. The van der Waals surface area contributed by atoms with E-state index in [4.69, 9.17) is 4.74 Å². The predicted molar refractivity (Wildman–Crippen MR) is 65.0 cm³/mol. The fraction of sp³-hybridized carbons (Fsp3) is 0.750. The van der Waals surface area contributed by atoms with Crippen LogP contribution in [0.25, 0.3) is 0 Å². The van der Waals surface area contributed by atoms with E-state index in [1.54, 1.807) is 15.6 Å². The molecule has 0 aliphatic rings. The summed E-state index contributed by atoms with van der Waals surface area (Å²) in [5, 5.41) is 0. The fourth-order valence-electron chi connectivity index (χ4n) is 1.01. The van der Waals surface area contributed by atoms with Crippen LogP contribution in [0.5, 0.6) is 0 Å². The van der Waals surface area contributed by atoms with Gasteiger partial charge in [-0.1, -0.05) is 0 Å². The Hall–Kier alpha value is -1.12. The van der Waals surface area contributed by atoms with E-state index in [-0.39, 0.29) is 5.97 Å². The first-order valence-electron chi connectivity index (χ1n) is 5.29. The second-order valence-corrected chi connectivity index (χ2v) is 5.13. The maximum Gasteiger partial charge on any atom is 0.328 e. The summed E-state index contributed by atoms with van der Waals surface area (Å²) in [6.07, 6.45) is 1.70. The Morgan fingerprint density at radius 2 is 1.88 bits per heavy atom. The summed E-state index contributed by atoms with van der Waals surface area (Å²) in [4.78, 5) is 13.7. The van der Waals surface area contributed by atoms with Crippen LogP contribution in [-0.2, 0) is 9.53 Å². The van der Waals surface area contributed by atoms with Gasteiger partial charge in [0.05, 0.1) is 6.08 Å². The molecule has 0 aliphatic heterocycles. The van der Waals surface area contributed by atoms with Gasteiger partial charge in [-0.25, -0.2) is 4.79 Å². The third-order valence-corrected chi connectivity index (χ3v) is 1.70. The van der Waals surface area contributed by atoms with Crippen molar-refractivity contribution in [2.75, 3.05) is 28.2 Å². The van der Waals surface area contributed by atoms with Crippen LogP contribution in [0.1, 0.15) is 20.8 Å². The predicted octanol–water partition coefficient (Wildman–Crippen LogP) is 0.756. The van der Waals surface area contributed by atoms with Gasteiger partial charge in [0.15, 0.2) is 5.87 Å². The summed E-state index contributed by atoms with van der Waals surface area (Å²) in [6, 6.07) is -0.401. The van der Waals surface area contributed by atoms with Crippen molar-refractivity contribution in [2.24, 2.45) is 0 Å². The lowest BCUT2D eigenvalue weighted by Gasteiger charge is -2.24. The van der Waals surface area contributed by atoms with Gasteiger partial charge in [-0.15, -0.1) is 0 Å². The number of carbonyl (C=O) groups is 1. The first-order chi connectivity index (χ1) is 7.13. The molecule has 0 fully saturated rings. The number of ether oxygens (including phenoxy) is 1. The number of hydrogen-bond acceptors (Lipinski definition) is 3. The summed E-state index contributed by atoms with van der Waals surface area (Å²) < 4.78 is 7.09. The van der Waals surface area contributed by atoms with Crippen LogP contribution in [-0.4, -0.2) is 61.1 Å². The first-order valence-corrected chi connectivity index (χ1v) is 5.29. The zero-order valence-electron chi connectivity index (χ0n) is 11.4. The van der Waals surface area contributed by atoms with Crippen LogP contribution in [0, 0.1) is 0 Å². The van der Waals surface area contributed by atoms with Crippen molar-refractivity contribution in [1.29, 1.82) is 0 Å². The van der Waals surface area contributed by atoms with Gasteiger partial charge in [0.25, 0.3) is 0 Å². The minimum absolute atomic E-state index is 0.258. The second kappa shape index (κ2) is 5.83. The number of nitrogens with zero attached hydrogens (tertiary/aromatic N) is 2. The Labute approximate surface area is 98.2 Å². The monoisotopic (exact) mass is 227 g/mol. The molecule has 0 aromatic heterocycles. The van der Waals surface area contributed by atoms with Crippen LogP contribution < -0.4 is 0 Å². The van der Waals surface area contributed by atoms with Crippen molar-refractivity contribution in [2.45, 2.75) is 32.4 Å². The van der Waals surface area contributed by atoms with Gasteiger partial charge in [0.1, 0.15) is 25.7 Å². The molecule has 0 saturated carbocycles. The lowest BCUT2D eigenvalue weighted by atomic mass is 10.2. The zero-order chi connectivity index (χ0) is 12.9. The third kappa shape index (κ3) is 6.38. The smallest absolute Gasteiger partial charge is 0.328 e. The topological polar surface area (TPSA) is 32.5 Å². The second-order valence-electron chi connectivity index (χ2n) is 5.13. The largest absolute Gasteiger partial charge is 0.459 e. The van der Waals surface area contributed by atoms with E-state index in [0.717, 1.165) is 0 Å². The number of hydrogen-bond donors (Lipinski definition) is 0. The molecule has 0 bridgehead atoms. The average Bonchev–Trinajstić information content (AvgIpc) is 1.98. The SMILES string of the molecule is CN(C)C(C=C=[N+](C)C)C(=O)OC(C)(C)C. The van der Waals surface area contributed by atoms with Crippen LogP contribution >= 0.6 is 0 Å². The summed E-state index contributed by atoms with van der Waals surface area (Å²) in [5.74, 6) is 2.70. The van der Waals surface area contributed by atoms with Gasteiger partial charge < -0.3 is 4.74 Å². The number of esters is 1. The fourth-order valence-corrected chi connectivity index (χ4v) is 1.01. The third-order valence-electron chi connectivity index (χ3n) is 1.70. The molecule has 0 aliphatic carbocycles. The van der Waals surface area contributed by atoms with E-state index in [1.165, 1.54) is 0 Å². The van der Waals surface area contributed by atoms with E-state index >= 15 is 0 Å². The highest BCUT2D eigenvalue weighted by molar-refractivity contribution is 5.80. The number of rotatable bonds is 3. The molecular weight excluding hydrogens is 204 g/mol. The minimum Gasteiger partial charge on any atom is -0.459 e. The zero-order valence-corrected chi connectivity index (χ0v) is 11.4. The Morgan fingerprint density at radius 1 is 1.38 bits per heavy atom. The Morgan fingerprint density at radius 3 is 2.19 bits per heavy atom. The van der Waals surface area contributed by atoms with Crippen LogP contribution in [0.2, 0.25) is 0 Å². The summed E-state index contributed by atoms with van der Waals surface area (Å²) >= 11 is 0. The van der Waals surface area contributed by atoms with Gasteiger partial charge in [-0.05, 0) is 34.9 Å². The van der Waals surface area contributed by atoms with Crippen LogP contribution in [0.4, 0.5) is 0 Å². The molecule has 0 N–H and O–H groups in total. The summed E-state index contributed by atoms with van der Waals surface area (Å²) in [6.45, 7) is 5.57. The molecule has 16 heavy (non-hydrogen) atoms. The van der Waals surface area contributed by atoms with Crippen LogP contribution in [0.15, 0.2) is 6.08 Å². The molecule has 4 nitrogen and oxygen atoms in total. The maximum absolute atomic E-state index is 11.9. The molecule has 0 spiro atoms. The molecular formula is C12H23N2O2+. The van der Waals surface area contributed by atoms with Crippen molar-refractivity contribution in [3.8, 4) is 0 Å². The molecule has 0 aromatic rings. The highest BCUT2D eigenvalue weighted by Crippen LogP contribution is 2.10. The van der Waals surface area contributed by atoms with E-state index in [0.29, 0.717) is 0 Å². The lowest BCUT2D eigenvalue weighted by Crippen LogP contribution is -2.39.